The number of hydrogen-bond donors (Lipinski definition) is 1. The van der Waals surface area contributed by atoms with Crippen molar-refractivity contribution < 1.29 is 26.3 Å². The van der Waals surface area contributed by atoms with Crippen LogP contribution in [0.25, 0.3) is 0 Å². The predicted molar refractivity (Wildman–Crippen MR) is 99.7 cm³/mol. The number of halogens is 3. The summed E-state index contributed by atoms with van der Waals surface area (Å²) in [5, 5.41) is -0.776. The van der Waals surface area contributed by atoms with Crippen molar-refractivity contribution in [3.63, 3.8) is 0 Å². The maximum Gasteiger partial charge on any atom is 0.433 e. The molecule has 0 radical (unpaired) electrons. The van der Waals surface area contributed by atoms with Crippen molar-refractivity contribution in [1.82, 2.24) is 9.88 Å². The summed E-state index contributed by atoms with van der Waals surface area (Å²) >= 11 is 0. The Bertz CT molecular complexity index is 871. The molecule has 2 saturated heterocycles. The highest BCUT2D eigenvalue weighted by Crippen LogP contribution is 2.47. The third-order valence-corrected chi connectivity index (χ3v) is 8.84. The lowest BCUT2D eigenvalue weighted by Crippen LogP contribution is -2.48. The lowest BCUT2D eigenvalue weighted by molar-refractivity contribution is -0.141. The molecule has 1 aliphatic carbocycles. The fourth-order valence-electron chi connectivity index (χ4n) is 5.30. The van der Waals surface area contributed by atoms with E-state index in [0.29, 0.717) is 26.2 Å². The summed E-state index contributed by atoms with van der Waals surface area (Å²) in [6.07, 6.45) is -1.72. The van der Waals surface area contributed by atoms with E-state index in [0.717, 1.165) is 31.4 Å². The van der Waals surface area contributed by atoms with Crippen LogP contribution in [0, 0.1) is 18.8 Å². The van der Waals surface area contributed by atoms with E-state index < -0.39 is 27.1 Å². The van der Waals surface area contributed by atoms with Gasteiger partial charge >= 0.3 is 6.18 Å². The van der Waals surface area contributed by atoms with Gasteiger partial charge in [0.25, 0.3) is 0 Å². The molecule has 0 amide bonds. The van der Waals surface area contributed by atoms with Gasteiger partial charge < -0.3 is 10.5 Å². The summed E-state index contributed by atoms with van der Waals surface area (Å²) in [5.74, 6) is 0.0786. The van der Waals surface area contributed by atoms with Crippen LogP contribution in [0.4, 0.5) is 13.2 Å². The van der Waals surface area contributed by atoms with E-state index in [2.05, 4.69) is 9.88 Å². The first kappa shape index (κ1) is 21.0. The first-order valence-electron chi connectivity index (χ1n) is 9.97. The van der Waals surface area contributed by atoms with E-state index in [4.69, 9.17) is 10.5 Å². The first-order chi connectivity index (χ1) is 13.6. The second-order valence-electron chi connectivity index (χ2n) is 8.41. The van der Waals surface area contributed by atoms with E-state index in [1.807, 2.05) is 0 Å². The number of sulfone groups is 1. The van der Waals surface area contributed by atoms with Gasteiger partial charge in [0.15, 0.2) is 9.84 Å². The van der Waals surface area contributed by atoms with Crippen molar-refractivity contribution >= 4 is 9.84 Å². The lowest BCUT2D eigenvalue weighted by atomic mass is 10.0. The second kappa shape index (κ2) is 7.47. The van der Waals surface area contributed by atoms with Gasteiger partial charge in [-0.25, -0.2) is 13.4 Å². The van der Waals surface area contributed by atoms with Crippen LogP contribution in [0.3, 0.4) is 0 Å². The van der Waals surface area contributed by atoms with E-state index in [-0.39, 0.29) is 34.5 Å². The monoisotopic (exact) mass is 433 g/mol. The Hall–Kier alpha value is -1.23. The molecule has 1 aromatic rings. The Morgan fingerprint density at radius 2 is 1.90 bits per heavy atom. The summed E-state index contributed by atoms with van der Waals surface area (Å²) < 4.78 is 71.7. The minimum Gasteiger partial charge on any atom is -0.381 e. The quantitative estimate of drug-likeness (QED) is 0.788. The fourth-order valence-corrected chi connectivity index (χ4v) is 7.68. The molecular formula is C19H26F3N3O3S. The topological polar surface area (TPSA) is 85.5 Å². The minimum atomic E-state index is -4.61. The zero-order chi connectivity index (χ0) is 21.0. The molecule has 10 heteroatoms. The number of rotatable bonds is 3. The molecule has 0 aromatic carbocycles. The van der Waals surface area contributed by atoms with Crippen LogP contribution in [-0.2, 0) is 20.8 Å². The number of aromatic nitrogens is 1. The van der Waals surface area contributed by atoms with Gasteiger partial charge in [0.2, 0.25) is 0 Å². The number of fused-ring (bicyclic) bond motifs is 1. The number of aryl methyl sites for hydroxylation is 1. The van der Waals surface area contributed by atoms with Gasteiger partial charge in [-0.15, -0.1) is 0 Å². The van der Waals surface area contributed by atoms with Crippen molar-refractivity contribution in [2.24, 2.45) is 17.6 Å². The summed E-state index contributed by atoms with van der Waals surface area (Å²) in [4.78, 5) is 5.49. The van der Waals surface area contributed by atoms with E-state index in [1.54, 1.807) is 0 Å². The fraction of sp³-hybridized carbons (Fsp3) is 0.737. The van der Waals surface area contributed by atoms with Crippen molar-refractivity contribution in [2.45, 2.75) is 61.1 Å². The van der Waals surface area contributed by atoms with Crippen molar-refractivity contribution in [3.8, 4) is 0 Å². The first-order valence-corrected chi connectivity index (χ1v) is 11.5. The third-order valence-electron chi connectivity index (χ3n) is 6.54. The Balaban J connectivity index is 1.72. The van der Waals surface area contributed by atoms with Crippen molar-refractivity contribution in [2.75, 3.05) is 19.8 Å². The van der Waals surface area contributed by atoms with Gasteiger partial charge in [-0.3, -0.25) is 4.90 Å². The maximum atomic E-state index is 13.7. The number of nitrogens with zero attached hydrogens (tertiary/aromatic N) is 2. The summed E-state index contributed by atoms with van der Waals surface area (Å²) in [6, 6.07) is 1.87. The molecule has 1 saturated carbocycles. The average Bonchev–Trinajstić information content (AvgIpc) is 3.17. The number of nitrogens with two attached hydrogens (primary N) is 1. The summed E-state index contributed by atoms with van der Waals surface area (Å²) in [6.45, 7) is 3.15. The lowest BCUT2D eigenvalue weighted by Gasteiger charge is -2.37. The molecule has 3 aliphatic rings. The Labute approximate surface area is 168 Å². The van der Waals surface area contributed by atoms with Gasteiger partial charge in [-0.1, -0.05) is 0 Å². The Morgan fingerprint density at radius 3 is 2.52 bits per heavy atom. The summed E-state index contributed by atoms with van der Waals surface area (Å²) in [5.41, 5.74) is 4.93. The molecule has 6 nitrogen and oxygen atoms in total. The average molecular weight is 433 g/mol. The molecule has 0 bridgehead atoms. The Morgan fingerprint density at radius 1 is 1.21 bits per heavy atom. The van der Waals surface area contributed by atoms with Crippen LogP contribution in [0.2, 0.25) is 0 Å². The van der Waals surface area contributed by atoms with Crippen LogP contribution in [-0.4, -0.2) is 55.5 Å². The second-order valence-corrected chi connectivity index (χ2v) is 10.4. The number of pyridine rings is 1. The highest BCUT2D eigenvalue weighted by molar-refractivity contribution is 7.92. The van der Waals surface area contributed by atoms with E-state index in [1.165, 1.54) is 6.92 Å². The molecule has 0 spiro atoms. The largest absolute Gasteiger partial charge is 0.433 e. The predicted octanol–water partition coefficient (Wildman–Crippen LogP) is 2.36. The highest BCUT2D eigenvalue weighted by Gasteiger charge is 2.54. The van der Waals surface area contributed by atoms with Gasteiger partial charge in [0.05, 0.1) is 10.6 Å². The SMILES string of the molecule is Cc1nc(C(F)(F)F)ccc1S(=O)(=O)[C@H]1[C@H]2C[C@@H](N)C[C@@H]2CN1C1CCOCC1. The maximum absolute atomic E-state index is 13.7. The normalized spacial score (nSPS) is 31.9. The molecular weight excluding hydrogens is 407 g/mol. The van der Waals surface area contributed by atoms with Crippen LogP contribution in [0.15, 0.2) is 17.0 Å². The van der Waals surface area contributed by atoms with Crippen molar-refractivity contribution in [3.05, 3.63) is 23.5 Å². The molecule has 0 unspecified atom stereocenters. The smallest absolute Gasteiger partial charge is 0.381 e. The molecule has 4 rings (SSSR count). The zero-order valence-corrected chi connectivity index (χ0v) is 17.0. The van der Waals surface area contributed by atoms with Crippen LogP contribution in [0.1, 0.15) is 37.1 Å². The summed E-state index contributed by atoms with van der Waals surface area (Å²) in [7, 11) is -3.91. The van der Waals surface area contributed by atoms with Gasteiger partial charge in [0, 0.05) is 31.8 Å². The third kappa shape index (κ3) is 3.80. The van der Waals surface area contributed by atoms with Crippen LogP contribution >= 0.6 is 0 Å². The molecule has 162 valence electrons. The zero-order valence-electron chi connectivity index (χ0n) is 16.2. The van der Waals surface area contributed by atoms with E-state index >= 15 is 0 Å². The number of hydrogen-bond acceptors (Lipinski definition) is 6. The van der Waals surface area contributed by atoms with Crippen molar-refractivity contribution in [1.29, 1.82) is 0 Å². The molecule has 3 fully saturated rings. The standard InChI is InChI=1S/C19H26F3N3O3S/c1-11-16(2-3-17(24-11)19(20,21)22)29(26,27)18-15-9-13(23)8-12(15)10-25(18)14-4-6-28-7-5-14/h2-3,12-15,18H,4-10,23H2,1H3/t12-,13+,15+,18+/m1/s1. The van der Waals surface area contributed by atoms with E-state index in [9.17, 15) is 21.6 Å². The van der Waals surface area contributed by atoms with Gasteiger partial charge in [-0.2, -0.15) is 13.2 Å². The minimum absolute atomic E-state index is 0.0358. The molecule has 3 heterocycles. The van der Waals surface area contributed by atoms with Gasteiger partial charge in [0.1, 0.15) is 11.1 Å². The number of likely N-dealkylation sites (tertiary alicyclic amines) is 1. The van der Waals surface area contributed by atoms with Crippen LogP contribution in [0.5, 0.6) is 0 Å². The number of ether oxygens (including phenoxy) is 1. The van der Waals surface area contributed by atoms with Crippen LogP contribution < -0.4 is 5.73 Å². The molecule has 29 heavy (non-hydrogen) atoms. The highest BCUT2D eigenvalue weighted by atomic mass is 32.2. The molecule has 2 N–H and O–H groups in total. The molecule has 1 aromatic heterocycles. The number of alkyl halides is 3. The van der Waals surface area contributed by atoms with Gasteiger partial charge in [-0.05, 0) is 56.6 Å². The molecule has 2 aliphatic heterocycles. The Kier molecular flexibility index (Phi) is 5.42. The molecule has 4 atom stereocenters.